The Morgan fingerprint density at radius 1 is 0.979 bits per heavy atom. The van der Waals surface area contributed by atoms with E-state index in [0.717, 1.165) is 36.1 Å². The lowest BCUT2D eigenvalue weighted by Crippen LogP contribution is -2.74. The van der Waals surface area contributed by atoms with Crippen LogP contribution in [0.1, 0.15) is 86.8 Å². The maximum absolute atomic E-state index is 14.4. The number of aryl methyl sites for hydroxylation is 1. The number of amides is 3. The SMILES string of the molecule is CCCCCCc1cc(CN2C(=O)c3ccccc3C2=O)c(O)c2c1C[C@H]1C[C@H]3[C@H](N(C)C)C(=O)C(C(N)=O)C(=O)[C@@]3(O)C(=O)C1C2=O. The van der Waals surface area contributed by atoms with Crippen LogP contribution in [0.5, 0.6) is 5.75 Å². The van der Waals surface area contributed by atoms with Crippen LogP contribution in [0.4, 0.5) is 0 Å². The van der Waals surface area contributed by atoms with Gasteiger partial charge in [-0.15, -0.1) is 0 Å². The molecule has 2 aromatic carbocycles. The summed E-state index contributed by atoms with van der Waals surface area (Å²) >= 11 is 0. The Labute approximate surface area is 277 Å². The molecule has 0 radical (unpaired) electrons. The Bertz CT molecular complexity index is 1760. The predicted octanol–water partition coefficient (Wildman–Crippen LogP) is 1.79. The van der Waals surface area contributed by atoms with Crippen molar-refractivity contribution >= 4 is 40.9 Å². The average Bonchev–Trinajstić information content (AvgIpc) is 3.27. The van der Waals surface area contributed by atoms with Crippen LogP contribution >= 0.6 is 0 Å². The van der Waals surface area contributed by atoms with Gasteiger partial charge in [0.05, 0.1) is 35.2 Å². The maximum atomic E-state index is 14.4. The number of likely N-dealkylation sites (N-methyl/N-ethyl adjacent to an activating group) is 1. The Hall–Kier alpha value is -4.55. The Balaban J connectivity index is 1.43. The van der Waals surface area contributed by atoms with Gasteiger partial charge in [0.2, 0.25) is 5.91 Å². The third kappa shape index (κ3) is 4.83. The van der Waals surface area contributed by atoms with Gasteiger partial charge in [0, 0.05) is 11.5 Å². The number of imide groups is 1. The number of rotatable bonds is 9. The Kier molecular flexibility index (Phi) is 8.45. The number of Topliss-reactive ketones (excluding diaryl/α,β-unsaturated/α-hetero) is 4. The highest BCUT2D eigenvalue weighted by atomic mass is 16.3. The largest absolute Gasteiger partial charge is 0.507 e. The van der Waals surface area contributed by atoms with Crippen molar-refractivity contribution < 1.29 is 43.8 Å². The van der Waals surface area contributed by atoms with Gasteiger partial charge in [0.1, 0.15) is 5.75 Å². The lowest BCUT2D eigenvalue weighted by Gasteiger charge is -2.52. The fraction of sp³-hybridized carbons (Fsp3) is 0.472. The molecule has 2 unspecified atom stereocenters. The molecule has 2 aromatic rings. The number of nitrogens with two attached hydrogens (primary N) is 1. The number of fused-ring (bicyclic) bond motifs is 4. The second-order valence-electron chi connectivity index (χ2n) is 13.7. The van der Waals surface area contributed by atoms with Crippen molar-refractivity contribution in [3.63, 3.8) is 0 Å². The van der Waals surface area contributed by atoms with Crippen LogP contribution in [-0.2, 0) is 38.6 Å². The van der Waals surface area contributed by atoms with Crippen LogP contribution in [0, 0.1) is 23.7 Å². The molecule has 6 rings (SSSR count). The summed E-state index contributed by atoms with van der Waals surface area (Å²) < 4.78 is 0. The first-order chi connectivity index (χ1) is 22.7. The number of phenolic OH excluding ortho intramolecular Hbond substituents is 1. The van der Waals surface area contributed by atoms with E-state index in [1.807, 2.05) is 0 Å². The van der Waals surface area contributed by atoms with E-state index in [-0.39, 0.29) is 41.6 Å². The number of nitrogens with zero attached hydrogens (tertiary/aromatic N) is 2. The number of carbonyl (C=O) groups excluding carboxylic acids is 7. The zero-order chi connectivity index (χ0) is 34.8. The first-order valence-corrected chi connectivity index (χ1v) is 16.4. The number of hydrogen-bond acceptors (Lipinski definition) is 10. The number of aliphatic hydroxyl groups is 1. The van der Waals surface area contributed by atoms with E-state index in [4.69, 9.17) is 5.73 Å². The quantitative estimate of drug-likeness (QED) is 0.203. The van der Waals surface area contributed by atoms with E-state index < -0.39 is 81.9 Å². The van der Waals surface area contributed by atoms with E-state index in [2.05, 4.69) is 6.92 Å². The average molecular weight is 658 g/mol. The monoisotopic (exact) mass is 657 g/mol. The summed E-state index contributed by atoms with van der Waals surface area (Å²) in [5.74, 6) is -12.4. The van der Waals surface area contributed by atoms with Gasteiger partial charge in [-0.3, -0.25) is 43.4 Å². The van der Waals surface area contributed by atoms with Crippen LogP contribution < -0.4 is 5.73 Å². The number of carbonyl (C=O) groups is 7. The van der Waals surface area contributed by atoms with Gasteiger partial charge in [0.15, 0.2) is 34.7 Å². The maximum Gasteiger partial charge on any atom is 0.261 e. The van der Waals surface area contributed by atoms with Crippen LogP contribution in [0.3, 0.4) is 0 Å². The molecule has 1 aliphatic heterocycles. The summed E-state index contributed by atoms with van der Waals surface area (Å²) in [7, 11) is 3.08. The standard InChI is InChI=1S/C36H39N3O9/c1-4-5-6-7-10-17-13-19(16-39-34(46)20-11-8-9-12-21(20)35(39)47)28(40)25-22(17)14-18-15-23-27(38(2)3)30(42)26(33(37)45)32(44)36(23,48)31(43)24(18)29(25)41/h8-9,11-13,18,23-24,26-27,40,48H,4-7,10,14-16H2,1-3H3,(H2,37,45)/t18-,23-,24?,26?,27-,36-/m0/s1. The van der Waals surface area contributed by atoms with Gasteiger partial charge in [-0.05, 0) is 75.0 Å². The molecule has 1 heterocycles. The van der Waals surface area contributed by atoms with Gasteiger partial charge in [-0.1, -0.05) is 38.3 Å². The second-order valence-corrected chi connectivity index (χ2v) is 13.7. The molecule has 3 amide bonds. The van der Waals surface area contributed by atoms with Crippen LogP contribution in [-0.4, -0.2) is 86.6 Å². The molecule has 0 saturated heterocycles. The van der Waals surface area contributed by atoms with Gasteiger partial charge in [-0.2, -0.15) is 0 Å². The Morgan fingerprint density at radius 3 is 2.21 bits per heavy atom. The summed E-state index contributed by atoms with van der Waals surface area (Å²) in [5, 5.41) is 23.5. The van der Waals surface area contributed by atoms with Crippen molar-refractivity contribution in [3.05, 3.63) is 63.7 Å². The lowest BCUT2D eigenvalue weighted by atomic mass is 9.52. The normalized spacial score (nSPS) is 28.0. The minimum absolute atomic E-state index is 0.0449. The molecule has 48 heavy (non-hydrogen) atoms. The fourth-order valence-electron chi connectivity index (χ4n) is 8.45. The van der Waals surface area contributed by atoms with Crippen LogP contribution in [0.2, 0.25) is 0 Å². The second kappa shape index (κ2) is 12.2. The van der Waals surface area contributed by atoms with Gasteiger partial charge in [0.25, 0.3) is 11.8 Å². The van der Waals surface area contributed by atoms with Crippen LogP contribution in [0.25, 0.3) is 0 Å². The number of aromatic hydroxyl groups is 1. The van der Waals surface area contributed by atoms with Crippen LogP contribution in [0.15, 0.2) is 30.3 Å². The third-order valence-corrected chi connectivity index (χ3v) is 10.7. The topological polar surface area (TPSA) is 192 Å². The summed E-state index contributed by atoms with van der Waals surface area (Å²) in [5.41, 5.74) is 4.33. The highest BCUT2D eigenvalue weighted by Crippen LogP contribution is 2.51. The van der Waals surface area contributed by atoms with E-state index >= 15 is 0 Å². The van der Waals surface area contributed by atoms with Crippen molar-refractivity contribution in [2.75, 3.05) is 14.1 Å². The predicted molar refractivity (Wildman–Crippen MR) is 170 cm³/mol. The minimum atomic E-state index is -2.83. The number of unbranched alkanes of at least 4 members (excludes halogenated alkanes) is 3. The molecule has 2 saturated carbocycles. The molecule has 2 fully saturated rings. The number of phenols is 1. The summed E-state index contributed by atoms with van der Waals surface area (Å²) in [6.07, 6.45) is 4.29. The molecule has 4 N–H and O–H groups in total. The summed E-state index contributed by atoms with van der Waals surface area (Å²) in [6, 6.07) is 6.91. The highest BCUT2D eigenvalue weighted by Gasteiger charge is 2.69. The van der Waals surface area contributed by atoms with Crippen molar-refractivity contribution in [1.29, 1.82) is 0 Å². The molecule has 0 spiro atoms. The molecule has 3 aliphatic carbocycles. The highest BCUT2D eigenvalue weighted by molar-refractivity contribution is 6.32. The van der Waals surface area contributed by atoms with Crippen molar-refractivity contribution in [2.24, 2.45) is 29.4 Å². The minimum Gasteiger partial charge on any atom is -0.507 e. The molecule has 4 aliphatic rings. The van der Waals surface area contributed by atoms with Crippen molar-refractivity contribution in [1.82, 2.24) is 9.80 Å². The fourth-order valence-corrected chi connectivity index (χ4v) is 8.45. The molecule has 252 valence electrons. The van der Waals surface area contributed by atoms with E-state index in [9.17, 15) is 43.8 Å². The lowest BCUT2D eigenvalue weighted by molar-refractivity contribution is -0.181. The number of primary amides is 1. The molecule has 12 heteroatoms. The Morgan fingerprint density at radius 2 is 1.62 bits per heavy atom. The van der Waals surface area contributed by atoms with E-state index in [1.165, 1.54) is 19.0 Å². The van der Waals surface area contributed by atoms with Crippen molar-refractivity contribution in [3.8, 4) is 5.75 Å². The van der Waals surface area contributed by atoms with Gasteiger partial charge >= 0.3 is 0 Å². The van der Waals surface area contributed by atoms with Crippen molar-refractivity contribution in [2.45, 2.75) is 70.1 Å². The summed E-state index contributed by atoms with van der Waals surface area (Å²) in [6.45, 7) is 1.76. The zero-order valence-corrected chi connectivity index (χ0v) is 27.2. The molecule has 0 aromatic heterocycles. The number of ketones is 4. The smallest absolute Gasteiger partial charge is 0.261 e. The molecule has 12 nitrogen and oxygen atoms in total. The molecule has 6 atom stereocenters. The first-order valence-electron chi connectivity index (χ1n) is 16.4. The molecular weight excluding hydrogens is 618 g/mol. The molecular formula is C36H39N3O9. The third-order valence-electron chi connectivity index (χ3n) is 10.7. The van der Waals surface area contributed by atoms with Gasteiger partial charge < -0.3 is 15.9 Å². The van der Waals surface area contributed by atoms with Gasteiger partial charge in [-0.25, -0.2) is 0 Å². The van der Waals surface area contributed by atoms with E-state index in [1.54, 1.807) is 30.3 Å². The summed E-state index contributed by atoms with van der Waals surface area (Å²) in [4.78, 5) is 96.8. The number of hydrogen-bond donors (Lipinski definition) is 3. The number of benzene rings is 2. The zero-order valence-electron chi connectivity index (χ0n) is 27.2. The first kappa shape index (κ1) is 33.4. The molecule has 0 bridgehead atoms. The van der Waals surface area contributed by atoms with E-state index in [0.29, 0.717) is 12.0 Å².